The minimum absolute atomic E-state index is 0.0818. The zero-order valence-corrected chi connectivity index (χ0v) is 61.0. The number of carbonyl (C=O) groups excluding carboxylic acids is 9. The van der Waals surface area contributed by atoms with E-state index in [4.69, 9.17) is 33.2 Å². The molecule has 4 aliphatic rings. The molecule has 0 aromatic heterocycles. The van der Waals surface area contributed by atoms with Crippen LogP contribution in [0.3, 0.4) is 0 Å². The Morgan fingerprint density at radius 2 is 0.657 bits per heavy atom. The molecule has 4 heterocycles. The number of ether oxygens (including phenoxy) is 1. The van der Waals surface area contributed by atoms with Crippen molar-refractivity contribution < 1.29 is 68.3 Å². The lowest BCUT2D eigenvalue weighted by Crippen LogP contribution is -2.32. The number of carbonyl (C=O) groups is 9. The average Bonchev–Trinajstić information content (AvgIpc) is 1.65. The zero-order valence-electron chi connectivity index (χ0n) is 57.9. The van der Waals surface area contributed by atoms with Crippen molar-refractivity contribution in [2.75, 3.05) is 26.2 Å². The molecule has 0 fully saturated rings. The molecule has 19 nitrogen and oxygen atoms in total. The lowest BCUT2D eigenvalue weighted by molar-refractivity contribution is -0.132. The van der Waals surface area contributed by atoms with Gasteiger partial charge in [-0.2, -0.15) is 5.26 Å². The second kappa shape index (κ2) is 35.6. The van der Waals surface area contributed by atoms with Gasteiger partial charge in [-0.15, -0.1) is 0 Å². The molecule has 12 rings (SSSR count). The molecule has 536 valence electrons. The second-order valence-electron chi connectivity index (χ2n) is 24.9. The molecule has 0 spiro atoms. The Morgan fingerprint density at radius 3 is 0.924 bits per heavy atom. The van der Waals surface area contributed by atoms with Gasteiger partial charge < -0.3 is 44.8 Å². The monoisotopic (exact) mass is 1510 g/mol. The van der Waals surface area contributed by atoms with Crippen molar-refractivity contribution in [3.05, 3.63) is 322 Å². The van der Waals surface area contributed by atoms with Crippen LogP contribution >= 0.6 is 39.1 Å². The summed E-state index contributed by atoms with van der Waals surface area (Å²) in [5.74, 6) is -5.48. The summed E-state index contributed by atoms with van der Waals surface area (Å²) in [5.41, 5.74) is 7.99. The SMILES string of the molecule is CC(=O)C1=C(O)C(=O)N(CCc2ccccc2)C1c1ccc(Br)cc1.CC(=O)C1=C(O)C(=O)N(CCc2ccccc2)C1c1ccc(C#N)cc1.CC(=O)C1=C(O)C(=O)N(CCc2ccccc2)C1c1ccc(Cl)c(Cl)c1.CC(=O)Oc1ccc(C2C(C(C)=O)=C(O)C(=O)N2CCc2ccccc2)cc1. The van der Waals surface area contributed by atoms with Crippen LogP contribution in [0.2, 0.25) is 10.0 Å². The summed E-state index contributed by atoms with van der Waals surface area (Å²) < 4.78 is 5.94. The van der Waals surface area contributed by atoms with Gasteiger partial charge in [0.25, 0.3) is 23.6 Å². The molecule has 4 unspecified atom stereocenters. The summed E-state index contributed by atoms with van der Waals surface area (Å²) in [7, 11) is 0. The molecule has 4 aliphatic heterocycles. The third-order valence-corrected chi connectivity index (χ3v) is 19.2. The third kappa shape index (κ3) is 18.7. The van der Waals surface area contributed by atoms with E-state index < -0.39 is 76.8 Å². The van der Waals surface area contributed by atoms with Gasteiger partial charge in [-0.05, 0) is 146 Å². The summed E-state index contributed by atoms with van der Waals surface area (Å²) in [6.45, 7) is 8.20. The first-order valence-corrected chi connectivity index (χ1v) is 35.0. The number of ketones is 4. The molecule has 8 aromatic rings. The molecule has 22 heteroatoms. The van der Waals surface area contributed by atoms with Crippen LogP contribution in [-0.4, -0.2) is 119 Å². The van der Waals surface area contributed by atoms with Crippen LogP contribution in [-0.2, 0) is 68.8 Å². The first-order chi connectivity index (χ1) is 50.3. The number of hydrogen-bond donors (Lipinski definition) is 4. The van der Waals surface area contributed by atoms with Crippen molar-refractivity contribution >= 4 is 91.9 Å². The molecule has 4 atom stereocenters. The molecule has 4 N–H and O–H groups in total. The summed E-state index contributed by atoms with van der Waals surface area (Å²) in [5, 5.41) is 50.7. The van der Waals surface area contributed by atoms with E-state index in [1.807, 2.05) is 152 Å². The third-order valence-electron chi connectivity index (χ3n) is 17.9. The van der Waals surface area contributed by atoms with Crippen molar-refractivity contribution in [3.63, 3.8) is 0 Å². The Bertz CT molecular complexity index is 4770. The lowest BCUT2D eigenvalue weighted by Gasteiger charge is -2.27. The quantitative estimate of drug-likeness (QED) is 0.0384. The zero-order chi connectivity index (χ0) is 75.8. The topological polar surface area (TPSA) is 281 Å². The van der Waals surface area contributed by atoms with Gasteiger partial charge in [0.05, 0.1) is 68.1 Å². The second-order valence-corrected chi connectivity index (χ2v) is 26.7. The van der Waals surface area contributed by atoms with Crippen molar-refractivity contribution in [2.24, 2.45) is 0 Å². The number of Topliss-reactive ketones (excluding diaryl/α,β-unsaturated/α-hetero) is 4. The largest absolute Gasteiger partial charge is 0.503 e. The Morgan fingerprint density at radius 1 is 0.390 bits per heavy atom. The molecule has 4 amide bonds. The van der Waals surface area contributed by atoms with E-state index in [9.17, 15) is 63.6 Å². The highest BCUT2D eigenvalue weighted by molar-refractivity contribution is 9.10. The lowest BCUT2D eigenvalue weighted by atomic mass is 9.96. The van der Waals surface area contributed by atoms with Gasteiger partial charge in [-0.25, -0.2) is 0 Å². The first-order valence-electron chi connectivity index (χ1n) is 33.4. The van der Waals surface area contributed by atoms with E-state index in [1.54, 1.807) is 71.6 Å². The molecule has 105 heavy (non-hydrogen) atoms. The van der Waals surface area contributed by atoms with E-state index >= 15 is 0 Å². The highest BCUT2D eigenvalue weighted by atomic mass is 79.9. The van der Waals surface area contributed by atoms with Crippen molar-refractivity contribution in [1.29, 1.82) is 5.26 Å². The van der Waals surface area contributed by atoms with E-state index in [-0.39, 0.29) is 45.4 Å². The smallest absolute Gasteiger partial charge is 0.308 e. The van der Waals surface area contributed by atoms with Gasteiger partial charge in [0.15, 0.2) is 46.2 Å². The predicted octanol–water partition coefficient (Wildman–Crippen LogP) is 14.7. The molecule has 8 aromatic carbocycles. The highest BCUT2D eigenvalue weighted by Gasteiger charge is 2.46. The Hall–Kier alpha value is -11.5. The fraction of sp³-hybridized carbons (Fsp3) is 0.205. The summed E-state index contributed by atoms with van der Waals surface area (Å²) in [6, 6.07) is 64.1. The van der Waals surface area contributed by atoms with Crippen LogP contribution in [0.5, 0.6) is 5.75 Å². The number of halogens is 3. The number of hydrogen-bond acceptors (Lipinski definition) is 15. The average molecular weight is 1520 g/mol. The molecule has 0 aliphatic carbocycles. The van der Waals surface area contributed by atoms with Crippen LogP contribution in [0.4, 0.5) is 0 Å². The van der Waals surface area contributed by atoms with E-state index in [0.29, 0.717) is 89.9 Å². The van der Waals surface area contributed by atoms with Gasteiger partial charge in [-0.1, -0.05) is 203 Å². The minimum Gasteiger partial charge on any atom is -0.503 e. The Balaban J connectivity index is 0.000000162. The van der Waals surface area contributed by atoms with E-state index in [0.717, 1.165) is 32.3 Å². The number of nitrogens with zero attached hydrogens (tertiary/aromatic N) is 5. The molecular formula is C83H74BrCl2N5O14. The molecule has 0 bridgehead atoms. The van der Waals surface area contributed by atoms with E-state index in [1.165, 1.54) is 49.3 Å². The van der Waals surface area contributed by atoms with Crippen LogP contribution in [0.1, 0.15) is 109 Å². The van der Waals surface area contributed by atoms with E-state index in [2.05, 4.69) is 15.9 Å². The Labute approximate surface area is 625 Å². The van der Waals surface area contributed by atoms with Crippen LogP contribution in [0.15, 0.2) is 262 Å². The fourth-order valence-electron chi connectivity index (χ4n) is 12.9. The standard InChI is InChI=1S/C22H21NO5.C21H18N2O3.C20H18BrNO3.C20H17Cl2NO3/c1-14(24)19-20(17-8-10-18(11-9-17)28-15(2)25)23(22(27)21(19)26)13-12-16-6-4-3-5-7-16;1-14(24)18-19(17-9-7-16(13-22)8-10-17)23(21(26)20(18)25)12-11-15-5-3-2-4-6-15;1-13(23)17-18(15-7-9-16(21)10-8-15)22(20(25)19(17)24)12-11-14-5-3-2-4-6-14;1-12(24)17-18(14-7-8-15(21)16(22)11-14)23(20(26)19(17)25)10-9-13-5-3-2-4-6-13/h3-11,20,26H,12-13H2,1-2H3;2-10,19,25H,11-12H2,1H3;2-10,18,24H,11-12H2,1H3;2-8,11,18,25H,9-10H2,1H3. The van der Waals surface area contributed by atoms with Crippen LogP contribution in [0, 0.1) is 11.3 Å². The number of aliphatic hydroxyl groups excluding tert-OH is 4. The predicted molar refractivity (Wildman–Crippen MR) is 399 cm³/mol. The number of rotatable bonds is 21. The number of esters is 1. The van der Waals surface area contributed by atoms with Gasteiger partial charge in [0.1, 0.15) is 5.75 Å². The number of nitriles is 1. The van der Waals surface area contributed by atoms with Crippen molar-refractivity contribution in [2.45, 2.75) is 84.5 Å². The Kier molecular flexibility index (Phi) is 26.3. The molecule has 0 saturated carbocycles. The number of benzene rings is 8. The fourth-order valence-corrected chi connectivity index (χ4v) is 13.5. The number of aliphatic hydroxyl groups is 4. The number of amides is 4. The van der Waals surface area contributed by atoms with Gasteiger partial charge in [-0.3, -0.25) is 43.2 Å². The summed E-state index contributed by atoms with van der Waals surface area (Å²) >= 11 is 15.5. The minimum atomic E-state index is -0.682. The normalized spacial score (nSPS) is 16.9. The van der Waals surface area contributed by atoms with Gasteiger partial charge in [0, 0.05) is 37.6 Å². The molecule has 0 radical (unpaired) electrons. The van der Waals surface area contributed by atoms with Crippen molar-refractivity contribution in [1.82, 2.24) is 19.6 Å². The summed E-state index contributed by atoms with van der Waals surface area (Å²) in [4.78, 5) is 116. The first kappa shape index (κ1) is 77.7. The maximum Gasteiger partial charge on any atom is 0.308 e. The van der Waals surface area contributed by atoms with Crippen LogP contribution in [0.25, 0.3) is 0 Å². The van der Waals surface area contributed by atoms with Crippen LogP contribution < -0.4 is 4.74 Å². The summed E-state index contributed by atoms with van der Waals surface area (Å²) in [6.07, 6.45) is 2.45. The van der Waals surface area contributed by atoms with Crippen molar-refractivity contribution in [3.8, 4) is 11.8 Å². The van der Waals surface area contributed by atoms with Gasteiger partial charge in [0.2, 0.25) is 0 Å². The molecule has 0 saturated heterocycles. The molecular weight excluding hydrogens is 1440 g/mol. The highest BCUT2D eigenvalue weighted by Crippen LogP contribution is 2.43. The maximum atomic E-state index is 12.6. The maximum absolute atomic E-state index is 12.6. The van der Waals surface area contributed by atoms with Gasteiger partial charge >= 0.3 is 5.97 Å².